The second-order valence-corrected chi connectivity index (χ2v) is 3.97. The summed E-state index contributed by atoms with van der Waals surface area (Å²) in [6.45, 7) is 0.579. The number of halogens is 1. The van der Waals surface area contributed by atoms with Crippen LogP contribution in [0.15, 0.2) is 28.7 Å². The summed E-state index contributed by atoms with van der Waals surface area (Å²) < 4.78 is 1.06. The summed E-state index contributed by atoms with van der Waals surface area (Å²) in [5.41, 5.74) is 1.03. The van der Waals surface area contributed by atoms with Gasteiger partial charge in [0, 0.05) is 10.2 Å². The normalized spacial score (nSPS) is 10.3. The zero-order chi connectivity index (χ0) is 10.7. The monoisotopic (exact) mass is 267 g/mol. The number of nitrogens with one attached hydrogen (secondary N) is 1. The van der Waals surface area contributed by atoms with Crippen LogP contribution in [0.2, 0.25) is 0 Å². The molecule has 0 fully saturated rings. The van der Waals surface area contributed by atoms with Gasteiger partial charge in [-0.15, -0.1) is 10.2 Å². The van der Waals surface area contributed by atoms with Crippen molar-refractivity contribution in [1.29, 1.82) is 0 Å². The summed E-state index contributed by atoms with van der Waals surface area (Å²) in [6, 6.07) is 7.93. The molecule has 0 aliphatic rings. The van der Waals surface area contributed by atoms with E-state index in [0.717, 1.165) is 10.2 Å². The molecule has 1 heterocycles. The summed E-state index contributed by atoms with van der Waals surface area (Å²) in [4.78, 5) is 1.44. The van der Waals surface area contributed by atoms with E-state index >= 15 is 0 Å². The molecule has 2 aromatic rings. The van der Waals surface area contributed by atoms with Gasteiger partial charge in [0.2, 0.25) is 0 Å². The number of tetrazole rings is 1. The van der Waals surface area contributed by atoms with E-state index in [9.17, 15) is 0 Å². The molecule has 2 rings (SSSR count). The lowest BCUT2D eigenvalue weighted by Crippen LogP contribution is -2.01. The fourth-order valence-electron chi connectivity index (χ4n) is 1.14. The highest BCUT2D eigenvalue weighted by Crippen LogP contribution is 2.14. The van der Waals surface area contributed by atoms with Crippen molar-refractivity contribution in [3.8, 4) is 0 Å². The SMILES string of the molecule is Cn1nnc(CNc2ccc(Br)cc2)n1. The fourth-order valence-corrected chi connectivity index (χ4v) is 1.41. The van der Waals surface area contributed by atoms with E-state index in [4.69, 9.17) is 0 Å². The molecule has 15 heavy (non-hydrogen) atoms. The molecule has 0 saturated carbocycles. The largest absolute Gasteiger partial charge is 0.378 e. The molecule has 0 unspecified atom stereocenters. The van der Waals surface area contributed by atoms with Gasteiger partial charge in [-0.05, 0) is 29.5 Å². The van der Waals surface area contributed by atoms with E-state index < -0.39 is 0 Å². The van der Waals surface area contributed by atoms with Gasteiger partial charge >= 0.3 is 0 Å². The third kappa shape index (κ3) is 2.76. The maximum absolute atomic E-state index is 4.07. The van der Waals surface area contributed by atoms with Crippen molar-refractivity contribution in [3.63, 3.8) is 0 Å². The zero-order valence-corrected chi connectivity index (χ0v) is 9.77. The van der Waals surface area contributed by atoms with Gasteiger partial charge in [-0.2, -0.15) is 4.80 Å². The van der Waals surface area contributed by atoms with E-state index in [1.54, 1.807) is 7.05 Å². The number of rotatable bonds is 3. The number of benzene rings is 1. The first-order valence-corrected chi connectivity index (χ1v) is 5.25. The lowest BCUT2D eigenvalue weighted by molar-refractivity contribution is 0.628. The number of aryl methyl sites for hydroxylation is 1. The predicted molar refractivity (Wildman–Crippen MR) is 60.3 cm³/mol. The summed E-state index contributed by atoms with van der Waals surface area (Å²) in [5.74, 6) is 0.681. The van der Waals surface area contributed by atoms with Gasteiger partial charge in [-0.1, -0.05) is 15.9 Å². The minimum Gasteiger partial charge on any atom is -0.378 e. The second kappa shape index (κ2) is 4.39. The van der Waals surface area contributed by atoms with Crippen LogP contribution < -0.4 is 5.32 Å². The Morgan fingerprint density at radius 2 is 2.07 bits per heavy atom. The molecule has 0 aliphatic heterocycles. The van der Waals surface area contributed by atoms with Crippen molar-refractivity contribution in [2.75, 3.05) is 5.32 Å². The first-order valence-electron chi connectivity index (χ1n) is 4.46. The first-order chi connectivity index (χ1) is 7.24. The van der Waals surface area contributed by atoms with Crippen molar-refractivity contribution in [1.82, 2.24) is 20.2 Å². The molecule has 1 aromatic heterocycles. The molecule has 0 saturated heterocycles. The Hall–Kier alpha value is -1.43. The van der Waals surface area contributed by atoms with Crippen LogP contribution in [0.25, 0.3) is 0 Å². The number of nitrogens with zero attached hydrogens (tertiary/aromatic N) is 4. The highest BCUT2D eigenvalue weighted by molar-refractivity contribution is 9.10. The minimum atomic E-state index is 0.579. The molecule has 0 bridgehead atoms. The van der Waals surface area contributed by atoms with E-state index in [1.165, 1.54) is 4.80 Å². The van der Waals surface area contributed by atoms with Gasteiger partial charge in [0.1, 0.15) is 0 Å². The number of aromatic nitrogens is 4. The Labute approximate surface area is 95.6 Å². The first kappa shape index (κ1) is 10.1. The van der Waals surface area contributed by atoms with Crippen molar-refractivity contribution >= 4 is 21.6 Å². The average molecular weight is 268 g/mol. The van der Waals surface area contributed by atoms with Gasteiger partial charge in [0.25, 0.3) is 0 Å². The molecule has 1 aromatic carbocycles. The smallest absolute Gasteiger partial charge is 0.193 e. The minimum absolute atomic E-state index is 0.579. The molecule has 0 aliphatic carbocycles. The second-order valence-electron chi connectivity index (χ2n) is 3.06. The van der Waals surface area contributed by atoms with E-state index in [2.05, 4.69) is 36.7 Å². The Balaban J connectivity index is 1.96. The number of hydrogen-bond acceptors (Lipinski definition) is 4. The highest BCUT2D eigenvalue weighted by atomic mass is 79.9. The van der Waals surface area contributed by atoms with E-state index in [1.807, 2.05) is 24.3 Å². The third-order valence-corrected chi connectivity index (χ3v) is 2.37. The van der Waals surface area contributed by atoms with Gasteiger partial charge in [0.15, 0.2) is 5.82 Å². The molecular weight excluding hydrogens is 258 g/mol. The molecule has 0 radical (unpaired) electrons. The summed E-state index contributed by atoms with van der Waals surface area (Å²) in [5, 5.41) is 14.9. The Bertz CT molecular complexity index is 436. The topological polar surface area (TPSA) is 55.6 Å². The Morgan fingerprint density at radius 3 is 2.67 bits per heavy atom. The van der Waals surface area contributed by atoms with Crippen molar-refractivity contribution in [3.05, 3.63) is 34.6 Å². The molecule has 6 heteroatoms. The van der Waals surface area contributed by atoms with Crippen LogP contribution in [-0.2, 0) is 13.6 Å². The van der Waals surface area contributed by atoms with Crippen LogP contribution in [0.5, 0.6) is 0 Å². The summed E-state index contributed by atoms with van der Waals surface area (Å²) in [7, 11) is 1.75. The van der Waals surface area contributed by atoms with Crippen molar-refractivity contribution < 1.29 is 0 Å². The molecule has 1 N–H and O–H groups in total. The molecule has 0 spiro atoms. The van der Waals surface area contributed by atoms with Crippen molar-refractivity contribution in [2.24, 2.45) is 7.05 Å². The van der Waals surface area contributed by atoms with Crippen LogP contribution in [0.4, 0.5) is 5.69 Å². The Kier molecular flexibility index (Phi) is 2.96. The lowest BCUT2D eigenvalue weighted by atomic mass is 10.3. The van der Waals surface area contributed by atoms with Gasteiger partial charge in [-0.3, -0.25) is 0 Å². The predicted octanol–water partition coefficient (Wildman–Crippen LogP) is 1.58. The van der Waals surface area contributed by atoms with Gasteiger partial charge in [0.05, 0.1) is 13.6 Å². The molecule has 0 atom stereocenters. The van der Waals surface area contributed by atoms with Gasteiger partial charge < -0.3 is 5.32 Å². The lowest BCUT2D eigenvalue weighted by Gasteiger charge is -2.02. The number of anilines is 1. The Morgan fingerprint density at radius 1 is 1.33 bits per heavy atom. The third-order valence-electron chi connectivity index (χ3n) is 1.84. The van der Waals surface area contributed by atoms with Crippen LogP contribution in [0, 0.1) is 0 Å². The van der Waals surface area contributed by atoms with E-state index in [0.29, 0.717) is 12.4 Å². The highest BCUT2D eigenvalue weighted by Gasteiger charge is 1.99. The number of hydrogen-bond donors (Lipinski definition) is 1. The van der Waals surface area contributed by atoms with Crippen molar-refractivity contribution in [2.45, 2.75) is 6.54 Å². The standard InChI is InChI=1S/C9H10BrN5/c1-15-13-9(12-14-15)6-11-8-4-2-7(10)3-5-8/h2-5,11H,6H2,1H3. The maximum Gasteiger partial charge on any atom is 0.193 e. The van der Waals surface area contributed by atoms with Crippen LogP contribution in [-0.4, -0.2) is 20.2 Å². The van der Waals surface area contributed by atoms with E-state index in [-0.39, 0.29) is 0 Å². The molecular formula is C9H10BrN5. The zero-order valence-electron chi connectivity index (χ0n) is 8.18. The van der Waals surface area contributed by atoms with Crippen LogP contribution in [0.1, 0.15) is 5.82 Å². The molecule has 78 valence electrons. The molecule has 0 amide bonds. The van der Waals surface area contributed by atoms with Crippen LogP contribution in [0.3, 0.4) is 0 Å². The summed E-state index contributed by atoms with van der Waals surface area (Å²) in [6.07, 6.45) is 0. The average Bonchev–Trinajstić information content (AvgIpc) is 2.64. The summed E-state index contributed by atoms with van der Waals surface area (Å²) >= 11 is 3.38. The maximum atomic E-state index is 4.07. The van der Waals surface area contributed by atoms with Crippen LogP contribution >= 0.6 is 15.9 Å². The fraction of sp³-hybridized carbons (Fsp3) is 0.222. The molecule has 5 nitrogen and oxygen atoms in total. The van der Waals surface area contributed by atoms with Gasteiger partial charge in [-0.25, -0.2) is 0 Å². The quantitative estimate of drug-likeness (QED) is 0.918.